The number of rotatable bonds is 12. The van der Waals surface area contributed by atoms with Gasteiger partial charge in [0.05, 0.1) is 27.9 Å². The second-order valence-electron chi connectivity index (χ2n) is 21.4. The maximum atomic E-state index is 2.56. The Kier molecular flexibility index (Phi) is 12.0. The third-order valence-electron chi connectivity index (χ3n) is 17.2. The van der Waals surface area contributed by atoms with Crippen LogP contribution in [-0.4, -0.2) is 0 Å². The summed E-state index contributed by atoms with van der Waals surface area (Å²) < 4.78 is 0. The summed E-state index contributed by atoms with van der Waals surface area (Å²) in [5.41, 5.74) is 24.4. The summed E-state index contributed by atoms with van der Waals surface area (Å²) in [4.78, 5) is 5.01. The molecule has 0 aliphatic heterocycles. The van der Waals surface area contributed by atoms with Crippen LogP contribution < -0.4 is 9.80 Å². The van der Waals surface area contributed by atoms with Gasteiger partial charge in [0.25, 0.3) is 0 Å². The molecule has 0 bridgehead atoms. The highest BCUT2D eigenvalue weighted by molar-refractivity contribution is 6.01. The van der Waals surface area contributed by atoms with Crippen molar-refractivity contribution in [1.82, 2.24) is 0 Å². The van der Waals surface area contributed by atoms with Crippen molar-refractivity contribution in [2.75, 3.05) is 9.80 Å². The van der Waals surface area contributed by atoms with Crippen LogP contribution in [0.1, 0.15) is 44.5 Å². The monoisotopic (exact) mass is 1040 g/mol. The minimum Gasteiger partial charge on any atom is -0.310 e. The number of para-hydroxylation sites is 3. The molecule has 0 saturated heterocycles. The predicted octanol–water partition coefficient (Wildman–Crippen LogP) is 20.7. The molecule has 0 heterocycles. The van der Waals surface area contributed by atoms with Crippen LogP contribution >= 0.6 is 0 Å². The summed E-state index contributed by atoms with van der Waals surface area (Å²) in [7, 11) is 0. The van der Waals surface area contributed by atoms with Crippen molar-refractivity contribution >= 4 is 34.1 Å². The molecule has 0 fully saturated rings. The van der Waals surface area contributed by atoms with Gasteiger partial charge in [-0.25, -0.2) is 0 Å². The summed E-state index contributed by atoms with van der Waals surface area (Å²) in [6.45, 7) is 0. The fourth-order valence-corrected chi connectivity index (χ4v) is 13.9. The van der Waals surface area contributed by atoms with E-state index in [4.69, 9.17) is 0 Å². The van der Waals surface area contributed by atoms with E-state index in [1.165, 1.54) is 66.8 Å². The van der Waals surface area contributed by atoms with Crippen molar-refractivity contribution in [2.45, 2.75) is 10.8 Å². The Labute approximate surface area is 480 Å². The van der Waals surface area contributed by atoms with Crippen LogP contribution in [0.4, 0.5) is 34.1 Å². The van der Waals surface area contributed by atoms with E-state index < -0.39 is 10.8 Å². The summed E-state index contributed by atoms with van der Waals surface area (Å²) in [6.07, 6.45) is 0. The molecule has 2 nitrogen and oxygen atoms in total. The molecule has 2 heteroatoms. The lowest BCUT2D eigenvalue weighted by Crippen LogP contribution is -2.29. The molecule has 0 aromatic heterocycles. The second-order valence-corrected chi connectivity index (χ2v) is 21.4. The lowest BCUT2D eigenvalue weighted by Gasteiger charge is -2.37. The molecule has 15 rings (SSSR count). The number of anilines is 6. The Morgan fingerprint density at radius 2 is 0.585 bits per heavy atom. The Balaban J connectivity index is 1.06. The number of nitrogens with zero attached hydrogens (tertiary/aromatic N) is 2. The average Bonchev–Trinajstić information content (AvgIpc) is 3.08. The van der Waals surface area contributed by atoms with E-state index in [0.29, 0.717) is 0 Å². The molecule has 13 aromatic rings. The lowest BCUT2D eigenvalue weighted by atomic mass is 9.67. The van der Waals surface area contributed by atoms with Gasteiger partial charge < -0.3 is 9.80 Å². The molecule has 2 aliphatic carbocycles. The summed E-state index contributed by atoms with van der Waals surface area (Å²) in [6, 6.07) is 126. The van der Waals surface area contributed by atoms with Gasteiger partial charge in [-0.1, -0.05) is 279 Å². The smallest absolute Gasteiger partial charge is 0.0715 e. The zero-order valence-electron chi connectivity index (χ0n) is 45.2. The van der Waals surface area contributed by atoms with Crippen molar-refractivity contribution in [3.63, 3.8) is 0 Å². The highest BCUT2D eigenvalue weighted by Gasteiger charge is 2.49. The van der Waals surface area contributed by atoms with Crippen LogP contribution in [0.15, 0.2) is 340 Å². The van der Waals surface area contributed by atoms with Gasteiger partial charge >= 0.3 is 0 Å². The zero-order valence-corrected chi connectivity index (χ0v) is 45.2. The van der Waals surface area contributed by atoms with Gasteiger partial charge in [0, 0.05) is 33.8 Å². The molecule has 1 unspecified atom stereocenters. The molecule has 0 saturated carbocycles. The van der Waals surface area contributed by atoms with E-state index in [1.807, 2.05) is 0 Å². The van der Waals surface area contributed by atoms with E-state index >= 15 is 0 Å². The van der Waals surface area contributed by atoms with Crippen LogP contribution in [0, 0.1) is 0 Å². The Bertz CT molecular complexity index is 4340. The summed E-state index contributed by atoms with van der Waals surface area (Å²) in [5.74, 6) is 0. The highest BCUT2D eigenvalue weighted by Crippen LogP contribution is 2.62. The predicted molar refractivity (Wildman–Crippen MR) is 341 cm³/mol. The highest BCUT2D eigenvalue weighted by atomic mass is 15.2. The van der Waals surface area contributed by atoms with Gasteiger partial charge in [0.2, 0.25) is 0 Å². The molecular formula is C80H56N2. The van der Waals surface area contributed by atoms with Crippen LogP contribution in [-0.2, 0) is 10.8 Å². The van der Waals surface area contributed by atoms with Crippen LogP contribution in [0.25, 0.3) is 44.5 Å². The topological polar surface area (TPSA) is 6.48 Å². The quantitative estimate of drug-likeness (QED) is 0.120. The first-order valence-electron chi connectivity index (χ1n) is 28.4. The van der Waals surface area contributed by atoms with E-state index in [2.05, 4.69) is 350 Å². The van der Waals surface area contributed by atoms with Crippen molar-refractivity contribution in [3.05, 3.63) is 384 Å². The van der Waals surface area contributed by atoms with E-state index in [9.17, 15) is 0 Å². The van der Waals surface area contributed by atoms with E-state index in [-0.39, 0.29) is 0 Å². The number of fused-ring (bicyclic) bond motifs is 6. The van der Waals surface area contributed by atoms with Crippen LogP contribution in [0.2, 0.25) is 0 Å². The SMILES string of the molecule is c1ccc(-c2cc3c(cc2N(c2ccccc2)c2ccccc2)C(c2ccccc2)(c2ccc(-c4ccccc4)c(N(c4ccccc4)c4cccc5c4-c4ccccc4C5(c4ccccc4)c4ccccc4)c2)c2ccccc2-3)cc1. The van der Waals surface area contributed by atoms with Crippen molar-refractivity contribution in [1.29, 1.82) is 0 Å². The first-order valence-corrected chi connectivity index (χ1v) is 28.4. The summed E-state index contributed by atoms with van der Waals surface area (Å²) in [5, 5.41) is 0. The first-order chi connectivity index (χ1) is 40.7. The van der Waals surface area contributed by atoms with Gasteiger partial charge in [0.15, 0.2) is 0 Å². The van der Waals surface area contributed by atoms with Crippen molar-refractivity contribution in [3.8, 4) is 44.5 Å². The third-order valence-corrected chi connectivity index (χ3v) is 17.2. The molecule has 0 amide bonds. The molecule has 386 valence electrons. The second kappa shape index (κ2) is 20.3. The number of benzene rings is 13. The molecule has 0 spiro atoms. The largest absolute Gasteiger partial charge is 0.310 e. The normalized spacial score (nSPS) is 14.2. The Morgan fingerprint density at radius 3 is 1.11 bits per heavy atom. The summed E-state index contributed by atoms with van der Waals surface area (Å²) >= 11 is 0. The van der Waals surface area contributed by atoms with Gasteiger partial charge in [-0.05, 0) is 133 Å². The average molecular weight is 1050 g/mol. The molecule has 0 N–H and O–H groups in total. The van der Waals surface area contributed by atoms with Crippen LogP contribution in [0.5, 0.6) is 0 Å². The standard InChI is InChI=1S/C80H56N2/c1-9-30-57(31-10-1)66-53-52-62(54-76(66)82(65-44-23-8-24-45-65)75-51-29-50-73-78(75)68-47-26-28-49-72(68)79(73,59-34-13-3-14-35-59)60-36-15-4-16-37-60)80(61-38-17-5-18-39-61)71-48-27-25-46-67(71)70-55-69(58-32-11-2-12-33-58)77(56-74(70)80)81(63-40-19-6-20-41-63)64-42-21-7-22-43-64/h1-56H. The first kappa shape index (κ1) is 48.6. The molecule has 2 aliphatic rings. The van der Waals surface area contributed by atoms with E-state index in [1.54, 1.807) is 0 Å². The van der Waals surface area contributed by atoms with Gasteiger partial charge in [0.1, 0.15) is 0 Å². The Hall–Kier alpha value is -10.5. The van der Waals surface area contributed by atoms with Crippen molar-refractivity contribution in [2.24, 2.45) is 0 Å². The minimum absolute atomic E-state index is 0.588. The third kappa shape index (κ3) is 7.64. The van der Waals surface area contributed by atoms with Crippen molar-refractivity contribution < 1.29 is 0 Å². The van der Waals surface area contributed by atoms with Crippen LogP contribution in [0.3, 0.4) is 0 Å². The lowest BCUT2D eigenvalue weighted by molar-refractivity contribution is 0.768. The van der Waals surface area contributed by atoms with E-state index in [0.717, 1.165) is 56.4 Å². The van der Waals surface area contributed by atoms with Gasteiger partial charge in [-0.3, -0.25) is 0 Å². The molecule has 0 radical (unpaired) electrons. The maximum Gasteiger partial charge on any atom is 0.0715 e. The van der Waals surface area contributed by atoms with Gasteiger partial charge in [-0.15, -0.1) is 0 Å². The fourth-order valence-electron chi connectivity index (χ4n) is 13.9. The molecular weight excluding hydrogens is 989 g/mol. The van der Waals surface area contributed by atoms with Gasteiger partial charge in [-0.2, -0.15) is 0 Å². The number of hydrogen-bond acceptors (Lipinski definition) is 2. The number of hydrogen-bond donors (Lipinski definition) is 0. The molecule has 13 aromatic carbocycles. The Morgan fingerprint density at radius 1 is 0.195 bits per heavy atom. The minimum atomic E-state index is -0.788. The maximum absolute atomic E-state index is 2.56. The fraction of sp³-hybridized carbons (Fsp3) is 0.0250. The molecule has 82 heavy (non-hydrogen) atoms. The zero-order chi connectivity index (χ0) is 54.5. The molecule has 1 atom stereocenters.